The number of hydrogen-bond donors (Lipinski definition) is 1. The van der Waals surface area contributed by atoms with Crippen LogP contribution < -0.4 is 15.6 Å². The first-order valence-corrected chi connectivity index (χ1v) is 7.98. The first-order chi connectivity index (χ1) is 12.1. The van der Waals surface area contributed by atoms with E-state index in [9.17, 15) is 9.18 Å². The summed E-state index contributed by atoms with van der Waals surface area (Å²) >= 11 is 0. The van der Waals surface area contributed by atoms with Crippen LogP contribution in [0.3, 0.4) is 0 Å². The van der Waals surface area contributed by atoms with Gasteiger partial charge in [0.05, 0.1) is 19.4 Å². The van der Waals surface area contributed by atoms with Crippen molar-refractivity contribution in [1.29, 1.82) is 0 Å². The highest BCUT2D eigenvalue weighted by Crippen LogP contribution is 2.22. The Morgan fingerprint density at radius 3 is 3.04 bits per heavy atom. The highest BCUT2D eigenvalue weighted by atomic mass is 19.1. The number of halogens is 1. The van der Waals surface area contributed by atoms with Crippen LogP contribution in [0.2, 0.25) is 0 Å². The molecule has 25 heavy (non-hydrogen) atoms. The topological polar surface area (TPSA) is 77.7 Å². The molecule has 2 heterocycles. The number of benzene rings is 1. The maximum absolute atomic E-state index is 13.8. The molecule has 1 aromatic heterocycles. The molecule has 0 spiro atoms. The Labute approximate surface area is 144 Å². The van der Waals surface area contributed by atoms with Crippen molar-refractivity contribution >= 4 is 11.5 Å². The van der Waals surface area contributed by atoms with Crippen molar-refractivity contribution in [3.05, 3.63) is 52.3 Å². The summed E-state index contributed by atoms with van der Waals surface area (Å²) in [6, 6.07) is 4.66. The largest absolute Gasteiger partial charge is 0.494 e. The van der Waals surface area contributed by atoms with E-state index in [2.05, 4.69) is 15.5 Å². The first kappa shape index (κ1) is 16.9. The molecular formula is C17H19FN4O3. The van der Waals surface area contributed by atoms with Crippen LogP contribution in [0.15, 0.2) is 40.5 Å². The van der Waals surface area contributed by atoms with Crippen molar-refractivity contribution in [3.63, 3.8) is 0 Å². The molecule has 0 amide bonds. The van der Waals surface area contributed by atoms with Gasteiger partial charge in [0, 0.05) is 30.9 Å². The summed E-state index contributed by atoms with van der Waals surface area (Å²) in [4.78, 5) is 21.5. The zero-order valence-electron chi connectivity index (χ0n) is 14.0. The van der Waals surface area contributed by atoms with Crippen molar-refractivity contribution in [3.8, 4) is 5.75 Å². The molecule has 0 saturated heterocycles. The second-order valence-corrected chi connectivity index (χ2v) is 5.57. The molecule has 2 aromatic rings. The minimum atomic E-state index is -0.446. The van der Waals surface area contributed by atoms with Gasteiger partial charge in [0.1, 0.15) is 6.10 Å². The van der Waals surface area contributed by atoms with Crippen LogP contribution >= 0.6 is 0 Å². The third-order valence-corrected chi connectivity index (χ3v) is 3.97. The van der Waals surface area contributed by atoms with Crippen LogP contribution in [-0.2, 0) is 11.4 Å². The average molecular weight is 346 g/mol. The Bertz CT molecular complexity index is 850. The van der Waals surface area contributed by atoms with Crippen molar-refractivity contribution < 1.29 is 14.0 Å². The molecule has 8 heteroatoms. The van der Waals surface area contributed by atoms with E-state index < -0.39 is 5.82 Å². The third-order valence-electron chi connectivity index (χ3n) is 3.97. The van der Waals surface area contributed by atoms with Gasteiger partial charge in [0.2, 0.25) is 0 Å². The zero-order valence-corrected chi connectivity index (χ0v) is 14.0. The fourth-order valence-electron chi connectivity index (χ4n) is 2.58. The van der Waals surface area contributed by atoms with Gasteiger partial charge in [-0.3, -0.25) is 4.79 Å². The Balaban J connectivity index is 1.61. The molecule has 132 valence electrons. The van der Waals surface area contributed by atoms with E-state index in [1.54, 1.807) is 29.1 Å². The SMILES string of the molecule is CCn1ccnc(NC[C@@H]2CC(c3ccc(OC)c(F)c3)=NO2)c1=O. The highest BCUT2D eigenvalue weighted by molar-refractivity contribution is 6.01. The summed E-state index contributed by atoms with van der Waals surface area (Å²) in [5, 5.41) is 7.01. The van der Waals surface area contributed by atoms with E-state index >= 15 is 0 Å². The van der Waals surface area contributed by atoms with E-state index in [0.717, 1.165) is 0 Å². The predicted octanol–water partition coefficient (Wildman–Crippen LogP) is 2.02. The second-order valence-electron chi connectivity index (χ2n) is 5.57. The number of anilines is 1. The van der Waals surface area contributed by atoms with Crippen LogP contribution in [0, 0.1) is 5.82 Å². The van der Waals surface area contributed by atoms with Gasteiger partial charge in [-0.15, -0.1) is 0 Å². The maximum Gasteiger partial charge on any atom is 0.293 e. The third kappa shape index (κ3) is 3.62. The highest BCUT2D eigenvalue weighted by Gasteiger charge is 2.23. The Morgan fingerprint density at radius 1 is 1.48 bits per heavy atom. The van der Waals surface area contributed by atoms with Crippen molar-refractivity contribution in [1.82, 2.24) is 9.55 Å². The summed E-state index contributed by atoms with van der Waals surface area (Å²) in [6.07, 6.45) is 3.47. The smallest absolute Gasteiger partial charge is 0.293 e. The minimum Gasteiger partial charge on any atom is -0.494 e. The summed E-state index contributed by atoms with van der Waals surface area (Å²) in [5.41, 5.74) is 1.12. The lowest BCUT2D eigenvalue weighted by molar-refractivity contribution is 0.0948. The van der Waals surface area contributed by atoms with Gasteiger partial charge in [-0.1, -0.05) is 5.16 Å². The standard InChI is InChI=1S/C17H19FN4O3/c1-3-22-7-6-19-16(17(22)23)20-10-12-9-14(21-25-12)11-4-5-15(24-2)13(18)8-11/h4-8,12H,3,9-10H2,1-2H3,(H,19,20)/t12-/m0/s1. The normalized spacial score (nSPS) is 16.3. The monoisotopic (exact) mass is 346 g/mol. The van der Waals surface area contributed by atoms with E-state index in [1.807, 2.05) is 6.92 Å². The zero-order chi connectivity index (χ0) is 17.8. The molecule has 1 atom stereocenters. The summed E-state index contributed by atoms with van der Waals surface area (Å²) in [6.45, 7) is 2.84. The molecule has 1 aliphatic rings. The number of nitrogens with one attached hydrogen (secondary N) is 1. The minimum absolute atomic E-state index is 0.179. The van der Waals surface area contributed by atoms with E-state index in [4.69, 9.17) is 9.57 Å². The lowest BCUT2D eigenvalue weighted by Crippen LogP contribution is -2.28. The molecule has 3 rings (SSSR count). The number of ether oxygens (including phenoxy) is 1. The molecule has 0 saturated carbocycles. The van der Waals surface area contributed by atoms with Crippen LogP contribution in [-0.4, -0.2) is 35.0 Å². The molecule has 0 fully saturated rings. The number of oxime groups is 1. The van der Waals surface area contributed by atoms with Crippen molar-refractivity contribution in [2.45, 2.75) is 26.0 Å². The van der Waals surface area contributed by atoms with Gasteiger partial charge in [0.15, 0.2) is 17.4 Å². The van der Waals surface area contributed by atoms with Gasteiger partial charge in [-0.25, -0.2) is 9.37 Å². The average Bonchev–Trinajstić information content (AvgIpc) is 3.10. The number of rotatable bonds is 6. The number of nitrogens with zero attached hydrogens (tertiary/aromatic N) is 3. The van der Waals surface area contributed by atoms with E-state index in [1.165, 1.54) is 13.2 Å². The predicted molar refractivity (Wildman–Crippen MR) is 91.6 cm³/mol. The molecule has 0 radical (unpaired) electrons. The van der Waals surface area contributed by atoms with Gasteiger partial charge in [-0.2, -0.15) is 0 Å². The summed E-state index contributed by atoms with van der Waals surface area (Å²) in [7, 11) is 1.42. The molecule has 1 aromatic carbocycles. The fraction of sp³-hybridized carbons (Fsp3) is 0.353. The molecule has 0 aliphatic carbocycles. The number of aryl methyl sites for hydroxylation is 1. The number of aromatic nitrogens is 2. The number of hydrogen-bond acceptors (Lipinski definition) is 6. The Kier molecular flexibility index (Phi) is 4.97. The second kappa shape index (κ2) is 7.33. The van der Waals surface area contributed by atoms with Crippen molar-refractivity contribution in [2.75, 3.05) is 19.0 Å². The van der Waals surface area contributed by atoms with Gasteiger partial charge in [-0.05, 0) is 25.1 Å². The quantitative estimate of drug-likeness (QED) is 0.866. The summed E-state index contributed by atoms with van der Waals surface area (Å²) < 4.78 is 20.3. The van der Waals surface area contributed by atoms with Gasteiger partial charge >= 0.3 is 0 Å². The Hall–Kier alpha value is -2.90. The molecule has 0 bridgehead atoms. The number of methoxy groups -OCH3 is 1. The molecule has 0 unspecified atom stereocenters. The van der Waals surface area contributed by atoms with Crippen LogP contribution in [0.1, 0.15) is 18.9 Å². The fourth-order valence-corrected chi connectivity index (χ4v) is 2.58. The molecule has 7 nitrogen and oxygen atoms in total. The summed E-state index contributed by atoms with van der Waals surface area (Å²) in [5.74, 6) is 0.0126. The Morgan fingerprint density at radius 2 is 2.32 bits per heavy atom. The van der Waals surface area contributed by atoms with E-state index in [-0.39, 0.29) is 23.2 Å². The van der Waals surface area contributed by atoms with E-state index in [0.29, 0.717) is 30.8 Å². The van der Waals surface area contributed by atoms with Gasteiger partial charge < -0.3 is 19.5 Å². The van der Waals surface area contributed by atoms with Crippen molar-refractivity contribution in [2.24, 2.45) is 5.16 Å². The lowest BCUT2D eigenvalue weighted by atomic mass is 10.0. The first-order valence-electron chi connectivity index (χ1n) is 7.98. The molecule has 1 N–H and O–H groups in total. The molecular weight excluding hydrogens is 327 g/mol. The van der Waals surface area contributed by atoms with Gasteiger partial charge in [0.25, 0.3) is 5.56 Å². The van der Waals surface area contributed by atoms with Crippen LogP contribution in [0.25, 0.3) is 0 Å². The molecule has 1 aliphatic heterocycles. The van der Waals surface area contributed by atoms with Crippen LogP contribution in [0.4, 0.5) is 10.2 Å². The van der Waals surface area contributed by atoms with Crippen LogP contribution in [0.5, 0.6) is 5.75 Å². The maximum atomic E-state index is 13.8. The lowest BCUT2D eigenvalue weighted by Gasteiger charge is -2.11.